The van der Waals surface area contributed by atoms with Crippen molar-refractivity contribution in [1.82, 2.24) is 29.8 Å². The van der Waals surface area contributed by atoms with Crippen LogP contribution in [-0.4, -0.2) is 347 Å². The minimum Gasteiger partial charge on any atom is -0.497 e. The quantitative estimate of drug-likeness (QED) is 0.00990. The van der Waals surface area contributed by atoms with E-state index in [9.17, 15) is 73.6 Å². The number of carbonyl (C=O) groups excluding carboxylic acids is 5. The molecule has 1 saturated heterocycles. The smallest absolute Gasteiger partial charge is 0.497 e. The number of carbonyl (C=O) groups is 5. The molecule has 2 aromatic heterocycles. The molecule has 2 fully saturated rings. The number of likely N-dealkylation sites (N-methyl/N-ethyl adjacent to an activating group) is 1. The summed E-state index contributed by atoms with van der Waals surface area (Å²) in [4.78, 5) is 72.4. The second kappa shape index (κ2) is 43.3. The molecule has 0 radical (unpaired) electrons. The number of hydrogen-bond donors (Lipinski definition) is 10. The summed E-state index contributed by atoms with van der Waals surface area (Å²) in [5.41, 5.74) is 1.16. The molecule has 115 heavy (non-hydrogen) atoms. The highest BCUT2D eigenvalue weighted by atomic mass is 35.5. The minimum atomic E-state index is -5.40. The summed E-state index contributed by atoms with van der Waals surface area (Å²) < 4.78 is 116. The lowest BCUT2D eigenvalue weighted by Gasteiger charge is -2.45. The number of ketones is 1. The van der Waals surface area contributed by atoms with E-state index in [4.69, 9.17) is 81.5 Å². The maximum atomic E-state index is 15.0. The number of halogens is 1. The Kier molecular flexibility index (Phi) is 33.6. The van der Waals surface area contributed by atoms with Crippen LogP contribution in [0, 0.1) is 11.8 Å². The Hall–Kier alpha value is -8.21. The average Bonchev–Trinajstić information content (AvgIpc) is 1.61. The van der Waals surface area contributed by atoms with Gasteiger partial charge in [-0.2, -0.15) is 0 Å². The number of Topliss-reactive ketones (excluding diaryl/α,β-unsaturated/α-hetero) is 1. The number of ether oxygens (including phenoxy) is 13. The number of aliphatic hydroxyl groups is 9. The number of aromatic amines is 1. The second-order valence-electron chi connectivity index (χ2n) is 27.0. The van der Waals surface area contributed by atoms with E-state index in [1.165, 1.54) is 85.5 Å². The molecule has 4 aliphatic rings. The van der Waals surface area contributed by atoms with E-state index in [2.05, 4.69) is 15.3 Å². The first-order chi connectivity index (χ1) is 55.5. The van der Waals surface area contributed by atoms with Gasteiger partial charge in [0.1, 0.15) is 59.9 Å². The SMILES string of the molecule is COc1ccc2c(OS(=O)(=O)Oc3cc(C(=O)N(C)CCOCCOCCOCCn4cc(CCOCCOCCOCCOCCOCCOCCN5C(=O)C=CC5=O)nn4)ccc3O[C@@H]3O[C@H](CO)[C@H](O)[C@H](O)C3O)cc3c(c2c1)[C@H](CCl)CN3C(=O)c1cc2ccc(OC3[C@H](O)[C@@H](O)[C@@H](O)[C@@H](CO)[C@H]3CO)c(C(C)=O)c2[nH]1. The lowest BCUT2D eigenvalue weighted by Crippen LogP contribution is -2.62. The summed E-state index contributed by atoms with van der Waals surface area (Å²) >= 11 is 6.66. The monoisotopic (exact) mass is 1660 g/mol. The molecule has 38 nitrogen and oxygen atoms in total. The lowest BCUT2D eigenvalue weighted by atomic mass is 9.73. The Morgan fingerprint density at radius 3 is 1.80 bits per heavy atom. The van der Waals surface area contributed by atoms with E-state index < -0.39 is 138 Å². The van der Waals surface area contributed by atoms with Crippen molar-refractivity contribution >= 4 is 78.8 Å². The zero-order valence-electron chi connectivity index (χ0n) is 63.5. The van der Waals surface area contributed by atoms with Crippen LogP contribution in [0.4, 0.5) is 5.69 Å². The minimum absolute atomic E-state index is 0.0308. The van der Waals surface area contributed by atoms with Gasteiger partial charge in [0, 0.05) is 104 Å². The fourth-order valence-corrected chi connectivity index (χ4v) is 14.3. The number of alkyl halides is 1. The Morgan fingerprint density at radius 2 is 1.20 bits per heavy atom. The summed E-state index contributed by atoms with van der Waals surface area (Å²) in [5.74, 6) is -6.87. The number of hydrogen-bond acceptors (Lipinski definition) is 33. The van der Waals surface area contributed by atoms with E-state index in [-0.39, 0.29) is 116 Å². The number of nitrogens with one attached hydrogen (secondary N) is 1. The number of imide groups is 1. The van der Waals surface area contributed by atoms with Crippen molar-refractivity contribution in [3.05, 3.63) is 107 Å². The van der Waals surface area contributed by atoms with Crippen LogP contribution < -0.4 is 27.5 Å². The Bertz CT molecular complexity index is 4340. The summed E-state index contributed by atoms with van der Waals surface area (Å²) in [6.07, 6.45) is -10.8. The predicted molar refractivity (Wildman–Crippen MR) is 402 cm³/mol. The largest absolute Gasteiger partial charge is 0.501 e. The molecule has 3 aliphatic heterocycles. The Labute approximate surface area is 665 Å². The fourth-order valence-electron chi connectivity index (χ4n) is 13.3. The molecule has 40 heteroatoms. The van der Waals surface area contributed by atoms with Gasteiger partial charge in [0.25, 0.3) is 23.6 Å². The molecule has 4 amide bonds. The standard InChI is InChI=1S/C75H98ClN7O31S/c1-44(87)63-57(110-72-53(42-85)52(41-84)66(90)68(92)70(72)94)9-4-45-34-54(77-65(45)63)74(97)83-39-47(38-76)64-51-36-49(100-3)6-7-50(51)58(37-55(64)83)113-115(98,99)114-59-35-46(5-8-56(59)111-75-71(95)69(93)67(91)60(43-86)112-75)73(96)80(2)13-17-102-21-25-106-26-22-103-18-14-81-40-48(78-79-81)12-16-101-20-24-105-28-30-108-32-33-109-31-29-107-27-23-104-19-15-82-61(88)10-11-62(82)89/h4-11,34-37,40,47,52-53,60,66-72,75,77,84-86,90-95H,12-33,38-39,41-43H2,1-3H3/t47-,52+,53-,60-,66+,67+,68+,69+,70-,71?,72?,75-/m1/s1. The zero-order valence-corrected chi connectivity index (χ0v) is 65.1. The number of benzene rings is 4. The van der Waals surface area contributed by atoms with E-state index in [0.717, 1.165) is 22.7 Å². The molecule has 1 aliphatic carbocycles. The molecule has 10 N–H and O–H groups in total. The normalized spacial score (nSPS) is 22.2. The number of fused-ring (bicyclic) bond motifs is 4. The van der Waals surface area contributed by atoms with Gasteiger partial charge in [-0.15, -0.1) is 25.1 Å². The fraction of sp³-hybridized carbons (Fsp3) is 0.560. The number of methoxy groups -OCH3 is 1. The first kappa shape index (κ1) is 89.1. The van der Waals surface area contributed by atoms with E-state index in [1.54, 1.807) is 10.7 Å². The van der Waals surface area contributed by atoms with Crippen molar-refractivity contribution in [2.24, 2.45) is 11.8 Å². The van der Waals surface area contributed by atoms with Crippen LogP contribution in [0.15, 0.2) is 79.0 Å². The second-order valence-corrected chi connectivity index (χ2v) is 28.5. The molecule has 10 rings (SSSR count). The number of amides is 4. The first-order valence-electron chi connectivity index (χ1n) is 37.2. The highest BCUT2D eigenvalue weighted by Crippen LogP contribution is 2.48. The summed E-state index contributed by atoms with van der Waals surface area (Å²) in [6.45, 7) is 5.46. The van der Waals surface area contributed by atoms with Crippen molar-refractivity contribution in [2.45, 2.75) is 80.9 Å². The van der Waals surface area contributed by atoms with Gasteiger partial charge in [-0.05, 0) is 72.5 Å². The summed E-state index contributed by atoms with van der Waals surface area (Å²) in [6, 6.07) is 13.6. The molecule has 5 heterocycles. The molecule has 6 aromatic rings. The highest BCUT2D eigenvalue weighted by Gasteiger charge is 2.51. The van der Waals surface area contributed by atoms with Crippen LogP contribution in [-0.2, 0) is 80.3 Å². The molecule has 12 atom stereocenters. The van der Waals surface area contributed by atoms with Crippen LogP contribution in [0.25, 0.3) is 21.7 Å². The van der Waals surface area contributed by atoms with E-state index >= 15 is 4.79 Å². The number of aromatic nitrogens is 4. The van der Waals surface area contributed by atoms with Crippen molar-refractivity contribution in [3.63, 3.8) is 0 Å². The van der Waals surface area contributed by atoms with Crippen molar-refractivity contribution in [1.29, 1.82) is 0 Å². The van der Waals surface area contributed by atoms with Crippen molar-refractivity contribution < 1.29 is 148 Å². The van der Waals surface area contributed by atoms with Crippen LogP contribution in [0.1, 0.15) is 55.3 Å². The molecular weight excluding hydrogens is 1560 g/mol. The molecule has 4 aromatic carbocycles. The molecule has 632 valence electrons. The molecule has 0 bridgehead atoms. The van der Waals surface area contributed by atoms with Gasteiger partial charge in [-0.25, -0.2) is 4.68 Å². The van der Waals surface area contributed by atoms with Crippen molar-refractivity contribution in [2.75, 3.05) is 183 Å². The Morgan fingerprint density at radius 1 is 0.617 bits per heavy atom. The van der Waals surface area contributed by atoms with Crippen LogP contribution in [0.2, 0.25) is 0 Å². The number of H-pyrrole nitrogens is 1. The summed E-state index contributed by atoms with van der Waals surface area (Å²) in [5, 5.41) is 104. The highest BCUT2D eigenvalue weighted by molar-refractivity contribution is 7.82. The van der Waals surface area contributed by atoms with E-state index in [1.807, 2.05) is 6.20 Å². The number of nitrogens with zero attached hydrogens (tertiary/aromatic N) is 6. The first-order valence-corrected chi connectivity index (χ1v) is 39.1. The predicted octanol–water partition coefficient (Wildman–Crippen LogP) is -0.562. The third-order valence-corrected chi connectivity index (χ3v) is 20.6. The number of aliphatic hydroxyl groups excluding tert-OH is 9. The van der Waals surface area contributed by atoms with Gasteiger partial charge in [0.05, 0.1) is 174 Å². The van der Waals surface area contributed by atoms with Gasteiger partial charge >= 0.3 is 10.4 Å². The van der Waals surface area contributed by atoms with Crippen LogP contribution in [0.3, 0.4) is 0 Å². The van der Waals surface area contributed by atoms with Crippen molar-refractivity contribution in [3.8, 4) is 28.7 Å². The number of rotatable bonds is 49. The third kappa shape index (κ3) is 23.2. The molecule has 2 unspecified atom stereocenters. The van der Waals surface area contributed by atoms with Crippen LogP contribution >= 0.6 is 11.6 Å². The van der Waals surface area contributed by atoms with Gasteiger partial charge in [-0.3, -0.25) is 28.9 Å². The van der Waals surface area contributed by atoms with E-state index in [0.29, 0.717) is 114 Å². The maximum absolute atomic E-state index is 15.0. The maximum Gasteiger partial charge on any atom is 0.501 e. The zero-order chi connectivity index (χ0) is 82.3. The number of anilines is 1. The summed E-state index contributed by atoms with van der Waals surface area (Å²) in [7, 11) is -2.53. The molecular formula is C75H98ClN7O31S. The van der Waals surface area contributed by atoms with Gasteiger partial charge in [0.15, 0.2) is 23.0 Å². The Balaban J connectivity index is 0.677. The van der Waals surface area contributed by atoms with Gasteiger partial charge < -0.3 is 131 Å². The third-order valence-electron chi connectivity index (χ3n) is 19.4. The average molecular weight is 1660 g/mol. The topological polar surface area (TPSA) is 496 Å². The van der Waals surface area contributed by atoms with Gasteiger partial charge in [0.2, 0.25) is 6.29 Å². The van der Waals surface area contributed by atoms with Crippen LogP contribution in [0.5, 0.6) is 28.7 Å². The molecule has 1 saturated carbocycles. The lowest BCUT2D eigenvalue weighted by molar-refractivity contribution is -0.277. The van der Waals surface area contributed by atoms with Gasteiger partial charge in [-0.1, -0.05) is 5.21 Å². The molecule has 0 spiro atoms.